The molecule has 5 rings (SSSR count). The van der Waals surface area contributed by atoms with E-state index in [9.17, 15) is 0 Å². The van der Waals surface area contributed by atoms with Crippen molar-refractivity contribution < 1.29 is 21.9 Å². The third kappa shape index (κ3) is 2.41. The lowest BCUT2D eigenvalue weighted by molar-refractivity contribution is 1.54. The zero-order valence-electron chi connectivity index (χ0n) is 28.5. The Balaban J connectivity index is 1.98. The first kappa shape index (κ1) is 5.34. The Kier molecular flexibility index (Phi) is 1.20. The molecule has 0 amide bonds. The highest BCUT2D eigenvalue weighted by molar-refractivity contribution is 6.08. The molecule has 0 radical (unpaired) electrons. The molecule has 1 heteroatoms. The molecule has 0 bridgehead atoms. The number of aromatic amines is 1. The topological polar surface area (TPSA) is 15.8 Å². The van der Waals surface area contributed by atoms with Crippen molar-refractivity contribution in [2.24, 2.45) is 0 Å². The molecule has 1 aromatic heterocycles. The maximum absolute atomic E-state index is 8.88. The maximum atomic E-state index is 8.88. The van der Waals surface area contributed by atoms with Crippen LogP contribution in [0.2, 0.25) is 0 Å². The standard InChI is InChI=1S/C24H17N/c1-2-7-17(8-3-1)18-9-6-10-19(15-18)20-13-14-22-21-11-4-5-12-23(21)25-24(22)16-20/h1-16,25H/i1D,2D,3D,4D,5D,6D,7D,8D,9D,10D,11D,12D,13D,14D,15D,16D. The minimum Gasteiger partial charge on any atom is -0.354 e. The highest BCUT2D eigenvalue weighted by Crippen LogP contribution is 2.31. The third-order valence-corrected chi connectivity index (χ3v) is 3.62. The van der Waals surface area contributed by atoms with Gasteiger partial charge in [0.05, 0.1) is 21.9 Å². The third-order valence-electron chi connectivity index (χ3n) is 3.62. The molecule has 0 aliphatic carbocycles. The largest absolute Gasteiger partial charge is 0.354 e. The summed E-state index contributed by atoms with van der Waals surface area (Å²) in [5.74, 6) is 0. The number of hydrogen-bond acceptors (Lipinski definition) is 0. The lowest BCUT2D eigenvalue weighted by atomic mass is 9.98. The molecule has 4 aromatic carbocycles. The smallest absolute Gasteiger partial charge is 0.0652 e. The first-order valence-corrected chi connectivity index (χ1v) is 7.25. The predicted molar refractivity (Wildman–Crippen MR) is 107 cm³/mol. The van der Waals surface area contributed by atoms with Crippen molar-refractivity contribution in [1.29, 1.82) is 0 Å². The van der Waals surface area contributed by atoms with E-state index in [2.05, 4.69) is 4.98 Å². The van der Waals surface area contributed by atoms with Crippen LogP contribution in [0.1, 0.15) is 21.9 Å². The second-order valence-electron chi connectivity index (χ2n) is 5.12. The average Bonchev–Trinajstić information content (AvgIpc) is 3.35. The SMILES string of the molecule is [2H]c1c([2H])c([2H])c(-c2c([2H])c([2H])c([2H])c(-c3c([2H])c([2H])c4c([nH]c5c([2H])c([2H])c([2H])c([2H])c54)c3[2H])c2[2H])c([2H])c1[2H]. The van der Waals surface area contributed by atoms with Crippen LogP contribution in [-0.4, -0.2) is 4.98 Å². The normalized spacial score (nSPS) is 20.2. The van der Waals surface area contributed by atoms with Crippen LogP contribution in [0, 0.1) is 0 Å². The Labute approximate surface area is 169 Å². The molecule has 0 aliphatic rings. The van der Waals surface area contributed by atoms with Crippen LogP contribution in [0.5, 0.6) is 0 Å². The molecule has 0 aliphatic heterocycles. The van der Waals surface area contributed by atoms with Gasteiger partial charge in [-0.3, -0.25) is 0 Å². The summed E-state index contributed by atoms with van der Waals surface area (Å²) < 4.78 is 133. The van der Waals surface area contributed by atoms with Gasteiger partial charge >= 0.3 is 0 Å². The summed E-state index contributed by atoms with van der Waals surface area (Å²) in [5.41, 5.74) is -2.52. The molecule has 1 nitrogen and oxygen atoms in total. The van der Waals surface area contributed by atoms with E-state index in [1.807, 2.05) is 0 Å². The number of H-pyrrole nitrogens is 1. The summed E-state index contributed by atoms with van der Waals surface area (Å²) in [6, 6.07) is -10.8. The monoisotopic (exact) mass is 335 g/mol. The van der Waals surface area contributed by atoms with Gasteiger partial charge in [0.1, 0.15) is 0 Å². The number of nitrogens with one attached hydrogen (secondary N) is 1. The molecule has 0 saturated carbocycles. The molecule has 0 spiro atoms. The van der Waals surface area contributed by atoms with Crippen LogP contribution < -0.4 is 0 Å². The summed E-state index contributed by atoms with van der Waals surface area (Å²) >= 11 is 0. The van der Waals surface area contributed by atoms with Crippen molar-refractivity contribution in [3.8, 4) is 22.3 Å². The highest BCUT2D eigenvalue weighted by Gasteiger charge is 2.06. The van der Waals surface area contributed by atoms with E-state index in [0.29, 0.717) is 0 Å². The summed E-state index contributed by atoms with van der Waals surface area (Å²) in [4.78, 5) is 2.71. The average molecular weight is 336 g/mol. The fourth-order valence-corrected chi connectivity index (χ4v) is 2.50. The van der Waals surface area contributed by atoms with E-state index < -0.39 is 119 Å². The van der Waals surface area contributed by atoms with Crippen LogP contribution in [0.15, 0.2) is 96.7 Å². The number of hydrogen-bond donors (Lipinski definition) is 1. The van der Waals surface area contributed by atoms with Crippen molar-refractivity contribution in [2.45, 2.75) is 0 Å². The second kappa shape index (κ2) is 5.64. The molecule has 5 aromatic rings. The quantitative estimate of drug-likeness (QED) is 0.371. The minimum atomic E-state index is -0.806. The fraction of sp³-hybridized carbons (Fsp3) is 0. The number of aromatic nitrogens is 1. The van der Waals surface area contributed by atoms with E-state index in [1.165, 1.54) is 0 Å². The van der Waals surface area contributed by atoms with Gasteiger partial charge in [-0.05, 0) is 40.4 Å². The van der Waals surface area contributed by atoms with Crippen molar-refractivity contribution in [3.63, 3.8) is 0 Å². The van der Waals surface area contributed by atoms with Crippen LogP contribution in [-0.2, 0) is 0 Å². The Hall–Kier alpha value is -3.32. The van der Waals surface area contributed by atoms with Gasteiger partial charge in [-0.25, -0.2) is 0 Å². The molecule has 25 heavy (non-hydrogen) atoms. The molecular weight excluding hydrogens is 302 g/mol. The van der Waals surface area contributed by atoms with Crippen LogP contribution >= 0.6 is 0 Å². The summed E-state index contributed by atoms with van der Waals surface area (Å²) in [7, 11) is 0. The van der Waals surface area contributed by atoms with Crippen molar-refractivity contribution >= 4 is 21.8 Å². The zero-order valence-corrected chi connectivity index (χ0v) is 12.5. The summed E-state index contributed by atoms with van der Waals surface area (Å²) in [6.45, 7) is 0. The first-order valence-electron chi connectivity index (χ1n) is 15.2. The number of rotatable bonds is 2. The Morgan fingerprint density at radius 2 is 1.12 bits per heavy atom. The van der Waals surface area contributed by atoms with Gasteiger partial charge in [0.2, 0.25) is 0 Å². The van der Waals surface area contributed by atoms with Gasteiger partial charge in [-0.1, -0.05) is 78.6 Å². The summed E-state index contributed by atoms with van der Waals surface area (Å²) in [6.07, 6.45) is 0. The minimum absolute atomic E-state index is 0.121. The lowest BCUT2D eigenvalue weighted by Gasteiger charge is -2.06. The van der Waals surface area contributed by atoms with Gasteiger partial charge in [0.25, 0.3) is 0 Å². The van der Waals surface area contributed by atoms with E-state index >= 15 is 0 Å². The Morgan fingerprint density at radius 1 is 0.480 bits per heavy atom. The second-order valence-corrected chi connectivity index (χ2v) is 5.12. The van der Waals surface area contributed by atoms with Gasteiger partial charge in [0, 0.05) is 21.8 Å². The van der Waals surface area contributed by atoms with E-state index in [4.69, 9.17) is 21.9 Å². The number of para-hydroxylation sites is 1. The fourth-order valence-electron chi connectivity index (χ4n) is 2.50. The highest BCUT2D eigenvalue weighted by atomic mass is 14.7. The molecule has 0 saturated heterocycles. The Bertz CT molecular complexity index is 1980. The zero-order chi connectivity index (χ0) is 30.6. The van der Waals surface area contributed by atoms with E-state index in [0.717, 1.165) is 0 Å². The number of fused-ring (bicyclic) bond motifs is 3. The van der Waals surface area contributed by atoms with Gasteiger partial charge in [-0.15, -0.1) is 0 Å². The Morgan fingerprint density at radius 3 is 2.00 bits per heavy atom. The van der Waals surface area contributed by atoms with Crippen LogP contribution in [0.3, 0.4) is 0 Å². The summed E-state index contributed by atoms with van der Waals surface area (Å²) in [5, 5.41) is -0.276. The molecule has 0 atom stereocenters. The first-order chi connectivity index (χ1) is 19.1. The van der Waals surface area contributed by atoms with Crippen molar-refractivity contribution in [3.05, 3.63) is 96.7 Å². The molecule has 1 N–H and O–H groups in total. The van der Waals surface area contributed by atoms with E-state index in [1.54, 1.807) is 0 Å². The molecule has 118 valence electrons. The van der Waals surface area contributed by atoms with Gasteiger partial charge in [0.15, 0.2) is 0 Å². The van der Waals surface area contributed by atoms with Gasteiger partial charge < -0.3 is 4.98 Å². The predicted octanol–water partition coefficient (Wildman–Crippen LogP) is 6.66. The van der Waals surface area contributed by atoms with Crippen molar-refractivity contribution in [2.75, 3.05) is 0 Å². The molecule has 0 unspecified atom stereocenters. The maximum Gasteiger partial charge on any atom is 0.0652 e. The molecule has 1 heterocycles. The lowest BCUT2D eigenvalue weighted by Crippen LogP contribution is -1.81. The molecule has 0 fully saturated rings. The van der Waals surface area contributed by atoms with E-state index in [-0.39, 0.29) is 21.8 Å². The van der Waals surface area contributed by atoms with Crippen LogP contribution in [0.25, 0.3) is 44.1 Å². The number of benzene rings is 4. The van der Waals surface area contributed by atoms with Crippen molar-refractivity contribution in [1.82, 2.24) is 4.98 Å². The molecular formula is C24H17N. The van der Waals surface area contributed by atoms with Gasteiger partial charge in [-0.2, -0.15) is 0 Å². The van der Waals surface area contributed by atoms with Crippen LogP contribution in [0.4, 0.5) is 0 Å².